The Morgan fingerprint density at radius 2 is 1.52 bits per heavy atom. The van der Waals surface area contributed by atoms with Gasteiger partial charge in [-0.25, -0.2) is 8.42 Å². The fourth-order valence-corrected chi connectivity index (χ4v) is 3.77. The molecule has 0 aliphatic rings. The SMILES string of the molecule is Cc1ccc(-c2ccccc2C)cc1NS(=O)(=O)c1ccc(N)cc1. The number of benzene rings is 3. The molecule has 3 rings (SSSR count). The molecule has 4 nitrogen and oxygen atoms in total. The highest BCUT2D eigenvalue weighted by Gasteiger charge is 2.16. The molecule has 25 heavy (non-hydrogen) atoms. The molecule has 0 bridgehead atoms. The minimum absolute atomic E-state index is 0.183. The van der Waals surface area contributed by atoms with Crippen molar-refractivity contribution in [2.45, 2.75) is 18.7 Å². The quantitative estimate of drug-likeness (QED) is 0.686. The van der Waals surface area contributed by atoms with Crippen molar-refractivity contribution in [3.05, 3.63) is 77.9 Å². The smallest absolute Gasteiger partial charge is 0.261 e. The van der Waals surface area contributed by atoms with E-state index in [4.69, 9.17) is 5.73 Å². The minimum Gasteiger partial charge on any atom is -0.399 e. The Bertz CT molecular complexity index is 1010. The highest BCUT2D eigenvalue weighted by Crippen LogP contribution is 2.29. The molecule has 0 heterocycles. The van der Waals surface area contributed by atoms with Crippen LogP contribution >= 0.6 is 0 Å². The van der Waals surface area contributed by atoms with Crippen LogP contribution in [0.1, 0.15) is 11.1 Å². The molecule has 0 radical (unpaired) electrons. The first-order chi connectivity index (χ1) is 11.9. The summed E-state index contributed by atoms with van der Waals surface area (Å²) in [5.74, 6) is 0. The fourth-order valence-electron chi connectivity index (χ4n) is 2.65. The molecule has 0 aliphatic carbocycles. The first kappa shape index (κ1) is 17.0. The summed E-state index contributed by atoms with van der Waals surface area (Å²) in [6.07, 6.45) is 0. The lowest BCUT2D eigenvalue weighted by atomic mass is 9.99. The van der Waals surface area contributed by atoms with E-state index in [0.29, 0.717) is 11.4 Å². The number of rotatable bonds is 4. The molecule has 3 N–H and O–H groups in total. The third kappa shape index (κ3) is 3.67. The lowest BCUT2D eigenvalue weighted by molar-refractivity contribution is 0.601. The maximum absolute atomic E-state index is 12.6. The van der Waals surface area contributed by atoms with Gasteiger partial charge in [-0.15, -0.1) is 0 Å². The molecular formula is C20H20N2O2S. The van der Waals surface area contributed by atoms with E-state index in [1.165, 1.54) is 12.1 Å². The van der Waals surface area contributed by atoms with Gasteiger partial charge >= 0.3 is 0 Å². The van der Waals surface area contributed by atoms with Crippen LogP contribution in [0.3, 0.4) is 0 Å². The van der Waals surface area contributed by atoms with Crippen molar-refractivity contribution in [2.24, 2.45) is 0 Å². The van der Waals surface area contributed by atoms with Crippen LogP contribution in [0, 0.1) is 13.8 Å². The number of nitrogens with one attached hydrogen (secondary N) is 1. The van der Waals surface area contributed by atoms with Crippen LogP contribution in [0.2, 0.25) is 0 Å². The molecule has 128 valence electrons. The van der Waals surface area contributed by atoms with Crippen molar-refractivity contribution in [3.8, 4) is 11.1 Å². The Kier molecular flexibility index (Phi) is 4.51. The van der Waals surface area contributed by atoms with E-state index in [1.807, 2.05) is 56.3 Å². The van der Waals surface area contributed by atoms with Crippen molar-refractivity contribution < 1.29 is 8.42 Å². The van der Waals surface area contributed by atoms with Gasteiger partial charge in [-0.1, -0.05) is 36.4 Å². The van der Waals surface area contributed by atoms with Gasteiger partial charge < -0.3 is 5.73 Å². The molecule has 3 aromatic carbocycles. The monoisotopic (exact) mass is 352 g/mol. The molecule has 0 unspecified atom stereocenters. The molecule has 0 aromatic heterocycles. The van der Waals surface area contributed by atoms with Crippen LogP contribution < -0.4 is 10.5 Å². The summed E-state index contributed by atoms with van der Waals surface area (Å²) in [6.45, 7) is 3.91. The molecule has 0 atom stereocenters. The first-order valence-electron chi connectivity index (χ1n) is 7.92. The van der Waals surface area contributed by atoms with Gasteiger partial charge in [0, 0.05) is 5.69 Å². The first-order valence-corrected chi connectivity index (χ1v) is 9.40. The molecule has 0 saturated heterocycles. The highest BCUT2D eigenvalue weighted by molar-refractivity contribution is 7.92. The van der Waals surface area contributed by atoms with Crippen molar-refractivity contribution in [1.82, 2.24) is 0 Å². The summed E-state index contributed by atoms with van der Waals surface area (Å²) >= 11 is 0. The van der Waals surface area contributed by atoms with Gasteiger partial charge in [-0.2, -0.15) is 0 Å². The van der Waals surface area contributed by atoms with E-state index in [2.05, 4.69) is 4.72 Å². The van der Waals surface area contributed by atoms with Crippen LogP contribution in [0.5, 0.6) is 0 Å². The normalized spacial score (nSPS) is 11.3. The number of nitrogen functional groups attached to an aromatic ring is 1. The second-order valence-electron chi connectivity index (χ2n) is 6.02. The average molecular weight is 352 g/mol. The third-order valence-electron chi connectivity index (χ3n) is 4.13. The largest absolute Gasteiger partial charge is 0.399 e. The second kappa shape index (κ2) is 6.61. The summed E-state index contributed by atoms with van der Waals surface area (Å²) in [4.78, 5) is 0.183. The van der Waals surface area contributed by atoms with Crippen LogP contribution in [0.15, 0.2) is 71.6 Å². The Balaban J connectivity index is 1.99. The molecule has 0 fully saturated rings. The highest BCUT2D eigenvalue weighted by atomic mass is 32.2. The van der Waals surface area contributed by atoms with Gasteiger partial charge in [0.15, 0.2) is 0 Å². The average Bonchev–Trinajstić information content (AvgIpc) is 2.58. The van der Waals surface area contributed by atoms with E-state index >= 15 is 0 Å². The maximum atomic E-state index is 12.6. The van der Waals surface area contributed by atoms with Gasteiger partial charge in [0.2, 0.25) is 0 Å². The Hall–Kier alpha value is -2.79. The van der Waals surface area contributed by atoms with E-state index in [-0.39, 0.29) is 4.90 Å². The molecule has 0 aliphatic heterocycles. The Morgan fingerprint density at radius 3 is 2.20 bits per heavy atom. The van der Waals surface area contributed by atoms with Gasteiger partial charge in [-0.05, 0) is 66.4 Å². The van der Waals surface area contributed by atoms with E-state index in [9.17, 15) is 8.42 Å². The van der Waals surface area contributed by atoms with Crippen LogP contribution in [-0.4, -0.2) is 8.42 Å². The Labute approximate surface area is 148 Å². The van der Waals surface area contributed by atoms with Gasteiger partial charge in [0.05, 0.1) is 10.6 Å². The maximum Gasteiger partial charge on any atom is 0.261 e. The molecule has 5 heteroatoms. The van der Waals surface area contributed by atoms with Crippen molar-refractivity contribution in [3.63, 3.8) is 0 Å². The summed E-state index contributed by atoms with van der Waals surface area (Å²) in [5, 5.41) is 0. The standard InChI is InChI=1S/C20H20N2O2S/c1-14-5-3-4-6-19(14)16-8-7-15(2)20(13-16)22-25(23,24)18-11-9-17(21)10-12-18/h3-13,22H,21H2,1-2H3. The van der Waals surface area contributed by atoms with Crippen molar-refractivity contribution in [2.75, 3.05) is 10.5 Å². The van der Waals surface area contributed by atoms with Crippen LogP contribution in [0.4, 0.5) is 11.4 Å². The van der Waals surface area contributed by atoms with Gasteiger partial charge in [0.25, 0.3) is 10.0 Å². The van der Waals surface area contributed by atoms with E-state index < -0.39 is 10.0 Å². The minimum atomic E-state index is -3.67. The molecule has 0 saturated carbocycles. The zero-order chi connectivity index (χ0) is 18.0. The predicted molar refractivity (Wildman–Crippen MR) is 103 cm³/mol. The van der Waals surface area contributed by atoms with E-state index in [1.54, 1.807) is 12.1 Å². The lowest BCUT2D eigenvalue weighted by Crippen LogP contribution is -2.13. The van der Waals surface area contributed by atoms with Gasteiger partial charge in [0.1, 0.15) is 0 Å². The summed E-state index contributed by atoms with van der Waals surface area (Å²) in [5.41, 5.74) is 10.8. The number of sulfonamides is 1. The summed E-state index contributed by atoms with van der Waals surface area (Å²) in [6, 6.07) is 19.9. The number of hydrogen-bond donors (Lipinski definition) is 2. The Morgan fingerprint density at radius 1 is 0.840 bits per heavy atom. The van der Waals surface area contributed by atoms with Crippen molar-refractivity contribution in [1.29, 1.82) is 0 Å². The number of hydrogen-bond acceptors (Lipinski definition) is 3. The topological polar surface area (TPSA) is 72.2 Å². The van der Waals surface area contributed by atoms with Gasteiger partial charge in [-0.3, -0.25) is 4.72 Å². The zero-order valence-electron chi connectivity index (χ0n) is 14.2. The van der Waals surface area contributed by atoms with Crippen LogP contribution in [0.25, 0.3) is 11.1 Å². The molecule has 0 amide bonds. The summed E-state index contributed by atoms with van der Waals surface area (Å²) < 4.78 is 27.9. The predicted octanol–water partition coefficient (Wildman–Crippen LogP) is 4.35. The third-order valence-corrected chi connectivity index (χ3v) is 5.51. The van der Waals surface area contributed by atoms with Crippen molar-refractivity contribution >= 4 is 21.4 Å². The fraction of sp³-hybridized carbons (Fsp3) is 0.100. The lowest BCUT2D eigenvalue weighted by Gasteiger charge is -2.13. The molecular weight excluding hydrogens is 332 g/mol. The van der Waals surface area contributed by atoms with E-state index in [0.717, 1.165) is 22.3 Å². The molecule has 0 spiro atoms. The summed E-state index contributed by atoms with van der Waals surface area (Å²) in [7, 11) is -3.67. The molecule has 3 aromatic rings. The zero-order valence-corrected chi connectivity index (χ0v) is 15.0. The number of aryl methyl sites for hydroxylation is 2. The second-order valence-corrected chi connectivity index (χ2v) is 7.70. The number of nitrogens with two attached hydrogens (primary N) is 1. The van der Waals surface area contributed by atoms with Crippen LogP contribution in [-0.2, 0) is 10.0 Å². The number of anilines is 2.